The minimum Gasteiger partial charge on any atom is -0.198 e. The minimum atomic E-state index is 0.295. The van der Waals surface area contributed by atoms with Crippen LogP contribution in [0.1, 0.15) is 47.0 Å². The van der Waals surface area contributed by atoms with Crippen LogP contribution >= 0.6 is 0 Å². The Morgan fingerprint density at radius 1 is 1.23 bits per heavy atom. The Balaban J connectivity index is 2.70. The molecule has 1 aliphatic rings. The number of nitrogens with zero attached hydrogens (tertiary/aromatic N) is 1. The Labute approximate surface area is 82.1 Å². The van der Waals surface area contributed by atoms with Crippen LogP contribution in [0.3, 0.4) is 0 Å². The summed E-state index contributed by atoms with van der Waals surface area (Å²) in [5.41, 5.74) is 0.306. The Bertz CT molecular complexity index is 206. The molecule has 0 heterocycles. The Morgan fingerprint density at radius 3 is 2.31 bits per heavy atom. The molecule has 1 saturated carbocycles. The summed E-state index contributed by atoms with van der Waals surface area (Å²) in [4.78, 5) is 0. The molecule has 0 aromatic rings. The molecule has 1 fully saturated rings. The third-order valence-corrected chi connectivity index (χ3v) is 3.39. The first-order chi connectivity index (χ1) is 5.95. The quantitative estimate of drug-likeness (QED) is 0.557. The molecule has 3 atom stereocenters. The van der Waals surface area contributed by atoms with Gasteiger partial charge < -0.3 is 0 Å². The minimum absolute atomic E-state index is 0.295. The standard InChI is InChI=1S/C12H21N/c1-9-5-6-11(12(2,3)4)10(7-9)8-13/h9-11H,5-7H2,1-4H3. The van der Waals surface area contributed by atoms with E-state index in [-0.39, 0.29) is 0 Å². The van der Waals surface area contributed by atoms with E-state index in [1.54, 1.807) is 0 Å². The summed E-state index contributed by atoms with van der Waals surface area (Å²) >= 11 is 0. The van der Waals surface area contributed by atoms with Crippen LogP contribution in [-0.4, -0.2) is 0 Å². The van der Waals surface area contributed by atoms with Crippen molar-refractivity contribution < 1.29 is 0 Å². The number of nitriles is 1. The van der Waals surface area contributed by atoms with Gasteiger partial charge in [0.2, 0.25) is 0 Å². The Hall–Kier alpha value is -0.510. The average Bonchev–Trinajstić information content (AvgIpc) is 2.01. The van der Waals surface area contributed by atoms with Crippen LogP contribution in [0.5, 0.6) is 0 Å². The van der Waals surface area contributed by atoms with E-state index in [4.69, 9.17) is 5.26 Å². The fraction of sp³-hybridized carbons (Fsp3) is 0.917. The summed E-state index contributed by atoms with van der Waals surface area (Å²) in [7, 11) is 0. The predicted molar refractivity (Wildman–Crippen MR) is 55.1 cm³/mol. The maximum Gasteiger partial charge on any atom is 0.0659 e. The normalized spacial score (nSPS) is 35.5. The van der Waals surface area contributed by atoms with Crippen LogP contribution < -0.4 is 0 Å². The van der Waals surface area contributed by atoms with E-state index in [1.165, 1.54) is 12.8 Å². The monoisotopic (exact) mass is 179 g/mol. The van der Waals surface area contributed by atoms with E-state index in [0.717, 1.165) is 12.3 Å². The van der Waals surface area contributed by atoms with E-state index in [9.17, 15) is 0 Å². The van der Waals surface area contributed by atoms with Crippen LogP contribution in [0.25, 0.3) is 0 Å². The van der Waals surface area contributed by atoms with E-state index < -0.39 is 0 Å². The van der Waals surface area contributed by atoms with Gasteiger partial charge in [0.05, 0.1) is 6.07 Å². The van der Waals surface area contributed by atoms with Crippen LogP contribution in [0.15, 0.2) is 0 Å². The maximum atomic E-state index is 9.09. The van der Waals surface area contributed by atoms with Gasteiger partial charge in [-0.2, -0.15) is 5.26 Å². The Kier molecular flexibility index (Phi) is 3.01. The van der Waals surface area contributed by atoms with Crippen LogP contribution in [0.4, 0.5) is 0 Å². The van der Waals surface area contributed by atoms with Gasteiger partial charge in [0, 0.05) is 5.92 Å². The second kappa shape index (κ2) is 3.70. The SMILES string of the molecule is CC1CCC(C(C)(C)C)C(C#N)C1. The number of hydrogen-bond acceptors (Lipinski definition) is 1. The predicted octanol–water partition coefficient (Wildman–Crippen LogP) is 3.61. The van der Waals surface area contributed by atoms with Crippen LogP contribution in [0, 0.1) is 34.5 Å². The molecule has 0 saturated heterocycles. The van der Waals surface area contributed by atoms with Gasteiger partial charge in [0.25, 0.3) is 0 Å². The van der Waals surface area contributed by atoms with Crippen molar-refractivity contribution in [2.75, 3.05) is 0 Å². The molecule has 0 bridgehead atoms. The van der Waals surface area contributed by atoms with Gasteiger partial charge in [-0.15, -0.1) is 0 Å². The summed E-state index contributed by atoms with van der Waals surface area (Å²) < 4.78 is 0. The fourth-order valence-corrected chi connectivity index (χ4v) is 2.56. The maximum absolute atomic E-state index is 9.09. The van der Waals surface area contributed by atoms with Crippen molar-refractivity contribution in [3.8, 4) is 6.07 Å². The number of rotatable bonds is 0. The molecule has 0 radical (unpaired) electrons. The molecule has 0 aromatic carbocycles. The van der Waals surface area contributed by atoms with Gasteiger partial charge in [-0.25, -0.2) is 0 Å². The molecule has 0 amide bonds. The molecule has 1 heteroatoms. The first-order valence-corrected chi connectivity index (χ1v) is 5.34. The highest BCUT2D eigenvalue weighted by Gasteiger charge is 2.36. The fourth-order valence-electron chi connectivity index (χ4n) is 2.56. The first-order valence-electron chi connectivity index (χ1n) is 5.34. The third-order valence-electron chi connectivity index (χ3n) is 3.39. The lowest BCUT2D eigenvalue weighted by atomic mass is 9.65. The lowest BCUT2D eigenvalue weighted by Crippen LogP contribution is -2.32. The van der Waals surface area contributed by atoms with Gasteiger partial charge in [0.1, 0.15) is 0 Å². The molecule has 3 unspecified atom stereocenters. The second-order valence-electron chi connectivity index (χ2n) is 5.63. The molecule has 0 N–H and O–H groups in total. The highest BCUT2D eigenvalue weighted by atomic mass is 14.4. The van der Waals surface area contributed by atoms with Gasteiger partial charge in [0.15, 0.2) is 0 Å². The zero-order chi connectivity index (χ0) is 10.1. The van der Waals surface area contributed by atoms with Gasteiger partial charge >= 0.3 is 0 Å². The van der Waals surface area contributed by atoms with Gasteiger partial charge in [-0.1, -0.05) is 34.1 Å². The summed E-state index contributed by atoms with van der Waals surface area (Å²) in [5.74, 6) is 1.65. The molecule has 74 valence electrons. The largest absolute Gasteiger partial charge is 0.198 e. The molecule has 0 aromatic heterocycles. The van der Waals surface area contributed by atoms with E-state index in [0.29, 0.717) is 17.3 Å². The first kappa shape index (κ1) is 10.6. The topological polar surface area (TPSA) is 23.8 Å². The van der Waals surface area contributed by atoms with Crippen molar-refractivity contribution in [1.29, 1.82) is 5.26 Å². The molecule has 0 aliphatic heterocycles. The zero-order valence-electron chi connectivity index (χ0n) is 9.30. The molecule has 13 heavy (non-hydrogen) atoms. The summed E-state index contributed by atoms with van der Waals surface area (Å²) in [6, 6.07) is 2.49. The zero-order valence-corrected chi connectivity index (χ0v) is 9.30. The molecule has 0 spiro atoms. The van der Waals surface area contributed by atoms with E-state index in [2.05, 4.69) is 33.8 Å². The summed E-state index contributed by atoms with van der Waals surface area (Å²) in [5, 5.41) is 9.09. The highest BCUT2D eigenvalue weighted by Crippen LogP contribution is 2.43. The highest BCUT2D eigenvalue weighted by molar-refractivity contribution is 4.96. The molecule has 1 aliphatic carbocycles. The molecular weight excluding hydrogens is 158 g/mol. The lowest BCUT2D eigenvalue weighted by Gasteiger charge is -2.39. The molecule has 1 nitrogen and oxygen atoms in total. The van der Waals surface area contributed by atoms with Crippen molar-refractivity contribution >= 4 is 0 Å². The van der Waals surface area contributed by atoms with Crippen molar-refractivity contribution in [3.63, 3.8) is 0 Å². The third kappa shape index (κ3) is 2.46. The number of hydrogen-bond donors (Lipinski definition) is 0. The van der Waals surface area contributed by atoms with Crippen molar-refractivity contribution in [2.24, 2.45) is 23.2 Å². The van der Waals surface area contributed by atoms with E-state index in [1.807, 2.05) is 0 Å². The van der Waals surface area contributed by atoms with Gasteiger partial charge in [-0.05, 0) is 30.1 Å². The van der Waals surface area contributed by atoms with Crippen molar-refractivity contribution in [2.45, 2.75) is 47.0 Å². The Morgan fingerprint density at radius 2 is 1.85 bits per heavy atom. The lowest BCUT2D eigenvalue weighted by molar-refractivity contribution is 0.115. The van der Waals surface area contributed by atoms with Crippen LogP contribution in [-0.2, 0) is 0 Å². The summed E-state index contributed by atoms with van der Waals surface area (Å²) in [6.45, 7) is 9.05. The molecule has 1 rings (SSSR count). The van der Waals surface area contributed by atoms with Crippen LogP contribution in [0.2, 0.25) is 0 Å². The van der Waals surface area contributed by atoms with Crippen molar-refractivity contribution in [3.05, 3.63) is 0 Å². The smallest absolute Gasteiger partial charge is 0.0659 e. The summed E-state index contributed by atoms with van der Waals surface area (Å²) in [6.07, 6.45) is 3.65. The van der Waals surface area contributed by atoms with Gasteiger partial charge in [-0.3, -0.25) is 0 Å². The molecular formula is C12H21N. The second-order valence-corrected chi connectivity index (χ2v) is 5.63. The average molecular weight is 179 g/mol. The van der Waals surface area contributed by atoms with Crippen molar-refractivity contribution in [1.82, 2.24) is 0 Å². The van der Waals surface area contributed by atoms with E-state index >= 15 is 0 Å².